The van der Waals surface area contributed by atoms with E-state index in [1.165, 1.54) is 11.0 Å². The number of hydrogen-bond donors (Lipinski definition) is 1. The molecule has 1 aromatic rings. The molecule has 1 amide bonds. The summed E-state index contributed by atoms with van der Waals surface area (Å²) in [6.07, 6.45) is 1.26. The van der Waals surface area contributed by atoms with E-state index in [0.29, 0.717) is 13.0 Å². The van der Waals surface area contributed by atoms with Gasteiger partial charge in [0.25, 0.3) is 0 Å². The van der Waals surface area contributed by atoms with Gasteiger partial charge in [-0.15, -0.1) is 0 Å². The summed E-state index contributed by atoms with van der Waals surface area (Å²) in [6.45, 7) is 3.90. The number of likely N-dealkylation sites (tertiary alicyclic amines) is 1. The Labute approximate surface area is 117 Å². The maximum atomic E-state index is 11.9. The summed E-state index contributed by atoms with van der Waals surface area (Å²) in [5.41, 5.74) is 1.04. The van der Waals surface area contributed by atoms with Gasteiger partial charge in [0.15, 0.2) is 0 Å². The second kappa shape index (κ2) is 6.23. The van der Waals surface area contributed by atoms with Gasteiger partial charge in [-0.2, -0.15) is 0 Å². The van der Waals surface area contributed by atoms with E-state index in [9.17, 15) is 14.7 Å². The quantitative estimate of drug-likeness (QED) is 0.856. The first-order valence-electron chi connectivity index (χ1n) is 6.45. The number of carboxylic acids is 1. The minimum absolute atomic E-state index is 0.0218. The molecule has 20 heavy (non-hydrogen) atoms. The van der Waals surface area contributed by atoms with Crippen LogP contribution < -0.4 is 0 Å². The summed E-state index contributed by atoms with van der Waals surface area (Å²) in [4.78, 5) is 24.5. The summed E-state index contributed by atoms with van der Waals surface area (Å²) < 4.78 is 4.95. The van der Waals surface area contributed by atoms with E-state index in [4.69, 9.17) is 4.74 Å². The fourth-order valence-corrected chi connectivity index (χ4v) is 2.45. The van der Waals surface area contributed by atoms with Crippen LogP contribution in [-0.4, -0.2) is 41.3 Å². The van der Waals surface area contributed by atoms with Gasteiger partial charge in [0.2, 0.25) is 0 Å². The molecule has 0 aliphatic carbocycles. The number of carbonyl (C=O) groups excluding carboxylic acids is 1. The minimum Gasteiger partial charge on any atom is -0.480 e. The summed E-state index contributed by atoms with van der Waals surface area (Å²) in [5, 5.41) is 9.25. The molecule has 1 N–H and O–H groups in total. The minimum atomic E-state index is -1.00. The highest BCUT2D eigenvalue weighted by Crippen LogP contribution is 2.32. The molecule has 0 bridgehead atoms. The second-order valence-electron chi connectivity index (χ2n) is 4.72. The van der Waals surface area contributed by atoms with Gasteiger partial charge in [0, 0.05) is 12.5 Å². The number of hydrogen-bond acceptors (Lipinski definition) is 3. The number of aliphatic carboxylic acids is 1. The molecule has 1 saturated heterocycles. The van der Waals surface area contributed by atoms with Crippen LogP contribution in [0.2, 0.25) is 0 Å². The Hall–Kier alpha value is -2.30. The molecule has 106 valence electrons. The van der Waals surface area contributed by atoms with E-state index in [-0.39, 0.29) is 12.5 Å². The number of carboxylic acid groups (broad SMARTS) is 1. The predicted octanol–water partition coefficient (Wildman–Crippen LogP) is 2.25. The Kier molecular flexibility index (Phi) is 4.40. The second-order valence-corrected chi connectivity index (χ2v) is 4.72. The summed E-state index contributed by atoms with van der Waals surface area (Å²) >= 11 is 0. The topological polar surface area (TPSA) is 66.8 Å². The van der Waals surface area contributed by atoms with Crippen molar-refractivity contribution in [1.82, 2.24) is 4.90 Å². The molecule has 0 saturated carbocycles. The molecule has 1 aliphatic heterocycles. The molecule has 0 unspecified atom stereocenters. The lowest BCUT2D eigenvalue weighted by atomic mass is 9.96. The van der Waals surface area contributed by atoms with Crippen molar-refractivity contribution in [3.05, 3.63) is 48.6 Å². The zero-order valence-electron chi connectivity index (χ0n) is 11.1. The van der Waals surface area contributed by atoms with Gasteiger partial charge in [0.1, 0.15) is 12.6 Å². The normalized spacial score (nSPS) is 21.5. The van der Waals surface area contributed by atoms with Crippen LogP contribution >= 0.6 is 0 Å². The van der Waals surface area contributed by atoms with Crippen LogP contribution in [0.1, 0.15) is 17.9 Å². The summed E-state index contributed by atoms with van der Waals surface area (Å²) in [7, 11) is 0. The van der Waals surface area contributed by atoms with Crippen molar-refractivity contribution in [2.24, 2.45) is 0 Å². The largest absolute Gasteiger partial charge is 0.480 e. The van der Waals surface area contributed by atoms with Crippen LogP contribution in [0.3, 0.4) is 0 Å². The molecule has 1 fully saturated rings. The molecule has 1 aromatic carbocycles. The molecule has 0 aromatic heterocycles. The van der Waals surface area contributed by atoms with Crippen LogP contribution in [0, 0.1) is 0 Å². The molecule has 0 spiro atoms. The van der Waals surface area contributed by atoms with Crippen LogP contribution in [0.4, 0.5) is 4.79 Å². The van der Waals surface area contributed by atoms with Gasteiger partial charge in [0.05, 0.1) is 0 Å². The van der Waals surface area contributed by atoms with E-state index in [2.05, 4.69) is 6.58 Å². The van der Waals surface area contributed by atoms with E-state index in [1.807, 2.05) is 30.3 Å². The Morgan fingerprint density at radius 3 is 2.70 bits per heavy atom. The first kappa shape index (κ1) is 14.1. The fraction of sp³-hybridized carbons (Fsp3) is 0.333. The first-order chi connectivity index (χ1) is 9.63. The molecule has 5 heteroatoms. The standard InChI is InChI=1S/C15H17NO4/c1-2-8-20-15(19)16-10-12(9-13(16)14(17)18)11-6-4-3-5-7-11/h2-7,12-13H,1,8-10H2,(H,17,18)/t12-,13+/m1/s1. The van der Waals surface area contributed by atoms with Crippen molar-refractivity contribution < 1.29 is 19.4 Å². The average molecular weight is 275 g/mol. The number of carbonyl (C=O) groups is 2. The molecular formula is C15H17NO4. The highest BCUT2D eigenvalue weighted by molar-refractivity contribution is 5.81. The van der Waals surface area contributed by atoms with Crippen molar-refractivity contribution in [3.63, 3.8) is 0 Å². The number of ether oxygens (including phenoxy) is 1. The number of amides is 1. The van der Waals surface area contributed by atoms with Gasteiger partial charge in [-0.05, 0) is 12.0 Å². The highest BCUT2D eigenvalue weighted by atomic mass is 16.6. The summed E-state index contributed by atoms with van der Waals surface area (Å²) in [6, 6.07) is 8.78. The maximum absolute atomic E-state index is 11.9. The monoisotopic (exact) mass is 275 g/mol. The van der Waals surface area contributed by atoms with Crippen LogP contribution in [0.25, 0.3) is 0 Å². The molecule has 2 rings (SSSR count). The van der Waals surface area contributed by atoms with Crippen molar-refractivity contribution >= 4 is 12.1 Å². The third-order valence-electron chi connectivity index (χ3n) is 3.42. The van der Waals surface area contributed by atoms with Crippen LogP contribution in [0.15, 0.2) is 43.0 Å². The molecule has 5 nitrogen and oxygen atoms in total. The van der Waals surface area contributed by atoms with Gasteiger partial charge in [-0.1, -0.05) is 43.0 Å². The van der Waals surface area contributed by atoms with Crippen molar-refractivity contribution in [1.29, 1.82) is 0 Å². The third-order valence-corrected chi connectivity index (χ3v) is 3.42. The zero-order chi connectivity index (χ0) is 14.5. The van der Waals surface area contributed by atoms with Crippen molar-refractivity contribution in [2.45, 2.75) is 18.4 Å². The zero-order valence-corrected chi connectivity index (χ0v) is 11.1. The molecular weight excluding hydrogens is 258 g/mol. The average Bonchev–Trinajstić information content (AvgIpc) is 2.91. The number of nitrogens with zero attached hydrogens (tertiary/aromatic N) is 1. The molecule has 1 aliphatic rings. The van der Waals surface area contributed by atoms with Gasteiger partial charge >= 0.3 is 12.1 Å². The Morgan fingerprint density at radius 1 is 1.40 bits per heavy atom. The lowest BCUT2D eigenvalue weighted by Crippen LogP contribution is -2.40. The van der Waals surface area contributed by atoms with Crippen LogP contribution in [-0.2, 0) is 9.53 Å². The highest BCUT2D eigenvalue weighted by Gasteiger charge is 2.40. The lowest BCUT2D eigenvalue weighted by molar-refractivity contribution is -0.141. The Bertz CT molecular complexity index is 500. The summed E-state index contributed by atoms with van der Waals surface area (Å²) in [5.74, 6) is -0.979. The predicted molar refractivity (Wildman–Crippen MR) is 73.5 cm³/mol. The number of benzene rings is 1. The Balaban J connectivity index is 2.13. The Morgan fingerprint density at radius 2 is 2.10 bits per heavy atom. The van der Waals surface area contributed by atoms with Gasteiger partial charge in [-0.3, -0.25) is 4.90 Å². The maximum Gasteiger partial charge on any atom is 0.410 e. The SMILES string of the molecule is C=CCOC(=O)N1C[C@H](c2ccccc2)C[C@H]1C(=O)O. The third kappa shape index (κ3) is 2.99. The molecule has 0 radical (unpaired) electrons. The van der Waals surface area contributed by atoms with Crippen LogP contribution in [0.5, 0.6) is 0 Å². The fourth-order valence-electron chi connectivity index (χ4n) is 2.45. The van der Waals surface area contributed by atoms with E-state index in [0.717, 1.165) is 5.56 Å². The van der Waals surface area contributed by atoms with E-state index >= 15 is 0 Å². The van der Waals surface area contributed by atoms with E-state index < -0.39 is 18.1 Å². The number of rotatable bonds is 4. The smallest absolute Gasteiger partial charge is 0.410 e. The molecule has 2 atom stereocenters. The van der Waals surface area contributed by atoms with E-state index in [1.54, 1.807) is 0 Å². The van der Waals surface area contributed by atoms with Crippen molar-refractivity contribution in [3.8, 4) is 0 Å². The van der Waals surface area contributed by atoms with Gasteiger partial charge in [-0.25, -0.2) is 9.59 Å². The first-order valence-corrected chi connectivity index (χ1v) is 6.45. The van der Waals surface area contributed by atoms with Gasteiger partial charge < -0.3 is 9.84 Å². The molecule has 1 heterocycles. The lowest BCUT2D eigenvalue weighted by Gasteiger charge is -2.20. The van der Waals surface area contributed by atoms with Crippen molar-refractivity contribution in [2.75, 3.05) is 13.2 Å².